The first-order chi connectivity index (χ1) is 7.78. The summed E-state index contributed by atoms with van der Waals surface area (Å²) in [6, 6.07) is -1.08. The summed E-state index contributed by atoms with van der Waals surface area (Å²) in [5.74, 6) is -0.404. The smallest absolute Gasteiger partial charge is 0.321 e. The van der Waals surface area contributed by atoms with Crippen LogP contribution in [0.4, 0.5) is 0 Å². The third-order valence-electron chi connectivity index (χ3n) is 1.89. The van der Waals surface area contributed by atoms with Crippen molar-refractivity contribution in [2.24, 2.45) is 5.92 Å². The first-order valence-corrected chi connectivity index (χ1v) is 8.15. The second-order valence-corrected chi connectivity index (χ2v) is 6.55. The maximum absolute atomic E-state index is 11.5. The maximum atomic E-state index is 11.5. The zero-order valence-corrected chi connectivity index (χ0v) is 11.9. The number of carbonyl (C=O) groups is 1. The Morgan fingerprint density at radius 2 is 2.00 bits per heavy atom. The van der Waals surface area contributed by atoms with Crippen molar-refractivity contribution >= 4 is 27.9 Å². The van der Waals surface area contributed by atoms with E-state index in [1.165, 1.54) is 11.8 Å². The summed E-state index contributed by atoms with van der Waals surface area (Å²) in [6.07, 6.45) is 2.10. The van der Waals surface area contributed by atoms with E-state index in [4.69, 9.17) is 5.11 Å². The minimum absolute atomic E-state index is 0.168. The molecule has 0 radical (unpaired) electrons. The Kier molecular flexibility index (Phi) is 7.77. The van der Waals surface area contributed by atoms with E-state index in [1.54, 1.807) is 0 Å². The molecule has 0 aromatic carbocycles. The van der Waals surface area contributed by atoms with Crippen molar-refractivity contribution in [3.05, 3.63) is 0 Å². The van der Waals surface area contributed by atoms with Crippen molar-refractivity contribution in [2.45, 2.75) is 26.3 Å². The third kappa shape index (κ3) is 8.42. The molecular weight excluding hydrogens is 264 g/mol. The molecule has 0 aromatic heterocycles. The molecule has 0 heterocycles. The van der Waals surface area contributed by atoms with Gasteiger partial charge in [0.2, 0.25) is 0 Å². The lowest BCUT2D eigenvalue weighted by molar-refractivity contribution is -0.139. The summed E-state index contributed by atoms with van der Waals surface area (Å²) in [5.41, 5.74) is 0. The van der Waals surface area contributed by atoms with Crippen LogP contribution < -0.4 is 9.44 Å². The Hall–Kier alpha value is -0.310. The average molecular weight is 284 g/mol. The van der Waals surface area contributed by atoms with Crippen LogP contribution in [0.3, 0.4) is 0 Å². The molecule has 17 heavy (non-hydrogen) atoms. The van der Waals surface area contributed by atoms with Gasteiger partial charge in [-0.2, -0.15) is 24.9 Å². The van der Waals surface area contributed by atoms with Crippen LogP contribution in [0.15, 0.2) is 0 Å². The summed E-state index contributed by atoms with van der Waals surface area (Å²) < 4.78 is 27.5. The van der Waals surface area contributed by atoms with Crippen molar-refractivity contribution in [2.75, 3.05) is 18.6 Å². The molecule has 0 aliphatic heterocycles. The number of carboxylic acid groups (broad SMARTS) is 1. The van der Waals surface area contributed by atoms with Gasteiger partial charge in [0, 0.05) is 6.54 Å². The second-order valence-electron chi connectivity index (χ2n) is 4.04. The van der Waals surface area contributed by atoms with Crippen LogP contribution in [0.1, 0.15) is 20.3 Å². The van der Waals surface area contributed by atoms with Gasteiger partial charge < -0.3 is 5.11 Å². The van der Waals surface area contributed by atoms with Crippen LogP contribution in [0.2, 0.25) is 0 Å². The molecule has 1 atom stereocenters. The third-order valence-corrected chi connectivity index (χ3v) is 3.67. The predicted octanol–water partition coefficient (Wildman–Crippen LogP) is 0.273. The fraction of sp³-hybridized carbons (Fsp3) is 0.889. The highest BCUT2D eigenvalue weighted by Gasteiger charge is 2.23. The van der Waals surface area contributed by atoms with Gasteiger partial charge in [0.25, 0.3) is 10.2 Å². The summed E-state index contributed by atoms with van der Waals surface area (Å²) in [6.45, 7) is 4.01. The predicted molar refractivity (Wildman–Crippen MR) is 69.3 cm³/mol. The maximum Gasteiger partial charge on any atom is 0.321 e. The second kappa shape index (κ2) is 7.91. The largest absolute Gasteiger partial charge is 0.480 e. The minimum Gasteiger partial charge on any atom is -0.480 e. The van der Waals surface area contributed by atoms with Crippen LogP contribution >= 0.6 is 11.8 Å². The molecule has 0 saturated carbocycles. The lowest BCUT2D eigenvalue weighted by Crippen LogP contribution is -2.47. The first kappa shape index (κ1) is 16.7. The quantitative estimate of drug-likeness (QED) is 0.565. The van der Waals surface area contributed by atoms with Gasteiger partial charge in [-0.1, -0.05) is 13.8 Å². The minimum atomic E-state index is -3.74. The van der Waals surface area contributed by atoms with Gasteiger partial charge in [-0.15, -0.1) is 0 Å². The van der Waals surface area contributed by atoms with Crippen molar-refractivity contribution in [1.29, 1.82) is 0 Å². The van der Waals surface area contributed by atoms with Gasteiger partial charge in [-0.05, 0) is 24.3 Å². The number of aliphatic carboxylic acids is 1. The zero-order chi connectivity index (χ0) is 13.5. The van der Waals surface area contributed by atoms with E-state index < -0.39 is 22.2 Å². The van der Waals surface area contributed by atoms with Gasteiger partial charge in [0.15, 0.2) is 0 Å². The lowest BCUT2D eigenvalue weighted by Gasteiger charge is -2.15. The number of carboxylic acids is 1. The van der Waals surface area contributed by atoms with Crippen LogP contribution in [0.25, 0.3) is 0 Å². The van der Waals surface area contributed by atoms with E-state index in [0.29, 0.717) is 5.75 Å². The first-order valence-electron chi connectivity index (χ1n) is 5.27. The van der Waals surface area contributed by atoms with E-state index in [2.05, 4.69) is 9.44 Å². The monoisotopic (exact) mass is 284 g/mol. The number of rotatable bonds is 9. The average Bonchev–Trinajstić information content (AvgIpc) is 2.21. The lowest BCUT2D eigenvalue weighted by atomic mass is 10.2. The summed E-state index contributed by atoms with van der Waals surface area (Å²) in [5, 5.41) is 8.88. The Morgan fingerprint density at radius 1 is 1.41 bits per heavy atom. The molecule has 6 nitrogen and oxygen atoms in total. The van der Waals surface area contributed by atoms with Gasteiger partial charge in [-0.3, -0.25) is 4.79 Å². The molecule has 102 valence electrons. The van der Waals surface area contributed by atoms with E-state index in [1.807, 2.05) is 20.1 Å². The Balaban J connectivity index is 4.37. The molecule has 0 aliphatic carbocycles. The molecular formula is C9H20N2O4S2. The van der Waals surface area contributed by atoms with Crippen molar-refractivity contribution in [1.82, 2.24) is 9.44 Å². The number of hydrogen-bond donors (Lipinski definition) is 3. The number of nitrogens with one attached hydrogen (secondary N) is 2. The Bertz CT molecular complexity index is 330. The molecule has 0 saturated heterocycles. The SMILES string of the molecule is CSCCC(NS(=O)(=O)NCC(C)C)C(=O)O. The highest BCUT2D eigenvalue weighted by Crippen LogP contribution is 2.02. The molecule has 0 aromatic rings. The van der Waals surface area contributed by atoms with E-state index in [-0.39, 0.29) is 18.9 Å². The molecule has 3 N–H and O–H groups in total. The Labute approximate surface area is 107 Å². The van der Waals surface area contributed by atoms with E-state index in [0.717, 1.165) is 0 Å². The summed E-state index contributed by atoms with van der Waals surface area (Å²) in [7, 11) is -3.74. The van der Waals surface area contributed by atoms with Crippen molar-refractivity contribution < 1.29 is 18.3 Å². The normalized spacial score (nSPS) is 13.9. The highest BCUT2D eigenvalue weighted by atomic mass is 32.2. The van der Waals surface area contributed by atoms with Crippen LogP contribution in [-0.2, 0) is 15.0 Å². The fourth-order valence-electron chi connectivity index (χ4n) is 0.974. The van der Waals surface area contributed by atoms with Gasteiger partial charge in [0.1, 0.15) is 6.04 Å². The molecule has 0 bridgehead atoms. The van der Waals surface area contributed by atoms with Crippen molar-refractivity contribution in [3.63, 3.8) is 0 Å². The molecule has 0 amide bonds. The van der Waals surface area contributed by atoms with E-state index >= 15 is 0 Å². The van der Waals surface area contributed by atoms with Crippen LogP contribution in [-0.4, -0.2) is 44.1 Å². The van der Waals surface area contributed by atoms with Gasteiger partial charge >= 0.3 is 5.97 Å². The van der Waals surface area contributed by atoms with Crippen LogP contribution in [0.5, 0.6) is 0 Å². The number of hydrogen-bond acceptors (Lipinski definition) is 4. The standard InChI is InChI=1S/C9H20N2O4S2/c1-7(2)6-10-17(14,15)11-8(9(12)13)4-5-16-3/h7-8,10-11H,4-6H2,1-3H3,(H,12,13). The Morgan fingerprint density at radius 3 is 2.41 bits per heavy atom. The van der Waals surface area contributed by atoms with Crippen LogP contribution in [0, 0.1) is 5.92 Å². The summed E-state index contributed by atoms with van der Waals surface area (Å²) in [4.78, 5) is 10.9. The van der Waals surface area contributed by atoms with E-state index in [9.17, 15) is 13.2 Å². The molecule has 0 rings (SSSR count). The topological polar surface area (TPSA) is 95.5 Å². The van der Waals surface area contributed by atoms with Gasteiger partial charge in [0.05, 0.1) is 0 Å². The fourth-order valence-corrected chi connectivity index (χ4v) is 2.67. The molecule has 0 aliphatic rings. The van der Waals surface area contributed by atoms with Crippen molar-refractivity contribution in [3.8, 4) is 0 Å². The van der Waals surface area contributed by atoms with Gasteiger partial charge in [-0.25, -0.2) is 4.72 Å². The molecule has 8 heteroatoms. The molecule has 1 unspecified atom stereocenters. The highest BCUT2D eigenvalue weighted by molar-refractivity contribution is 7.98. The molecule has 0 fully saturated rings. The molecule has 0 spiro atoms. The zero-order valence-electron chi connectivity index (χ0n) is 10.3. The number of thioether (sulfide) groups is 1. The summed E-state index contributed by atoms with van der Waals surface area (Å²) >= 11 is 1.47.